The normalized spacial score (nSPS) is 12.6. The second-order valence-electron chi connectivity index (χ2n) is 4.46. The van der Waals surface area contributed by atoms with Gasteiger partial charge < -0.3 is 9.73 Å². The topological polar surface area (TPSA) is 25.2 Å². The van der Waals surface area contributed by atoms with Crippen molar-refractivity contribution >= 4 is 11.6 Å². The summed E-state index contributed by atoms with van der Waals surface area (Å²) in [4.78, 5) is 0. The Kier molecular flexibility index (Phi) is 5.00. The quantitative estimate of drug-likeness (QED) is 0.851. The highest BCUT2D eigenvalue weighted by atomic mass is 35.5. The van der Waals surface area contributed by atoms with Crippen LogP contribution in [0.25, 0.3) is 0 Å². The Hall–Kier alpha value is -1.32. The van der Waals surface area contributed by atoms with Gasteiger partial charge in [-0.1, -0.05) is 18.5 Å². The van der Waals surface area contributed by atoms with Crippen molar-refractivity contribution in [2.24, 2.45) is 0 Å². The van der Waals surface area contributed by atoms with Crippen LogP contribution in [0, 0.1) is 5.82 Å². The first-order valence-electron chi connectivity index (χ1n) is 6.41. The molecule has 0 saturated carbocycles. The number of rotatable bonds is 6. The first kappa shape index (κ1) is 14.1. The van der Waals surface area contributed by atoms with E-state index < -0.39 is 0 Å². The SMILES string of the molecule is CCCNC(Cc1cc(F)ccc1Cl)c1ccco1. The van der Waals surface area contributed by atoms with E-state index in [9.17, 15) is 4.39 Å². The van der Waals surface area contributed by atoms with E-state index in [-0.39, 0.29) is 11.9 Å². The van der Waals surface area contributed by atoms with Gasteiger partial charge in [0, 0.05) is 5.02 Å². The Labute approximate surface area is 117 Å². The fourth-order valence-electron chi connectivity index (χ4n) is 2.00. The lowest BCUT2D eigenvalue weighted by Crippen LogP contribution is -2.23. The molecular formula is C15H17ClFNO. The summed E-state index contributed by atoms with van der Waals surface area (Å²) in [5.41, 5.74) is 0.784. The van der Waals surface area contributed by atoms with E-state index in [0.717, 1.165) is 24.3 Å². The number of halogens is 2. The zero-order valence-corrected chi connectivity index (χ0v) is 11.6. The zero-order valence-electron chi connectivity index (χ0n) is 10.8. The van der Waals surface area contributed by atoms with E-state index in [1.807, 2.05) is 12.1 Å². The molecule has 1 heterocycles. The molecular weight excluding hydrogens is 265 g/mol. The number of hydrogen-bond donors (Lipinski definition) is 1. The molecule has 0 spiro atoms. The van der Waals surface area contributed by atoms with Crippen LogP contribution in [0.4, 0.5) is 4.39 Å². The predicted molar refractivity (Wildman–Crippen MR) is 74.9 cm³/mol. The molecule has 1 atom stereocenters. The molecule has 19 heavy (non-hydrogen) atoms. The van der Waals surface area contributed by atoms with Crippen molar-refractivity contribution in [3.63, 3.8) is 0 Å². The van der Waals surface area contributed by atoms with Crippen LogP contribution >= 0.6 is 11.6 Å². The summed E-state index contributed by atoms with van der Waals surface area (Å²) in [5.74, 6) is 0.571. The minimum Gasteiger partial charge on any atom is -0.468 e. The summed E-state index contributed by atoms with van der Waals surface area (Å²) in [5, 5.41) is 3.97. The summed E-state index contributed by atoms with van der Waals surface area (Å²) in [6, 6.07) is 8.21. The summed E-state index contributed by atoms with van der Waals surface area (Å²) < 4.78 is 18.7. The number of hydrogen-bond acceptors (Lipinski definition) is 2. The molecule has 0 bridgehead atoms. The van der Waals surface area contributed by atoms with E-state index in [2.05, 4.69) is 12.2 Å². The van der Waals surface area contributed by atoms with Crippen molar-refractivity contribution in [1.82, 2.24) is 5.32 Å². The van der Waals surface area contributed by atoms with E-state index >= 15 is 0 Å². The molecule has 4 heteroatoms. The molecule has 0 aliphatic rings. The van der Waals surface area contributed by atoms with Crippen LogP contribution in [0.3, 0.4) is 0 Å². The van der Waals surface area contributed by atoms with Crippen molar-refractivity contribution in [2.75, 3.05) is 6.54 Å². The summed E-state index contributed by atoms with van der Waals surface area (Å²) >= 11 is 6.11. The maximum atomic E-state index is 13.3. The van der Waals surface area contributed by atoms with Gasteiger partial charge in [0.2, 0.25) is 0 Å². The maximum Gasteiger partial charge on any atom is 0.123 e. The van der Waals surface area contributed by atoms with Gasteiger partial charge >= 0.3 is 0 Å². The number of benzene rings is 1. The molecule has 2 rings (SSSR count). The Morgan fingerprint density at radius 3 is 2.89 bits per heavy atom. The molecule has 0 aliphatic carbocycles. The van der Waals surface area contributed by atoms with Crippen LogP contribution in [-0.2, 0) is 6.42 Å². The minimum atomic E-state index is -0.270. The van der Waals surface area contributed by atoms with Crippen molar-refractivity contribution < 1.29 is 8.81 Å². The van der Waals surface area contributed by atoms with Gasteiger partial charge in [-0.05, 0) is 55.3 Å². The lowest BCUT2D eigenvalue weighted by molar-refractivity contribution is 0.410. The van der Waals surface area contributed by atoms with Gasteiger partial charge in [0.05, 0.1) is 12.3 Å². The molecule has 1 aromatic carbocycles. The molecule has 1 N–H and O–H groups in total. The van der Waals surface area contributed by atoms with Gasteiger partial charge in [0.1, 0.15) is 11.6 Å². The van der Waals surface area contributed by atoms with Crippen molar-refractivity contribution in [1.29, 1.82) is 0 Å². The lowest BCUT2D eigenvalue weighted by Gasteiger charge is -2.17. The second kappa shape index (κ2) is 6.73. The maximum absolute atomic E-state index is 13.3. The van der Waals surface area contributed by atoms with Crippen molar-refractivity contribution in [2.45, 2.75) is 25.8 Å². The van der Waals surface area contributed by atoms with Gasteiger partial charge in [-0.3, -0.25) is 0 Å². The Morgan fingerprint density at radius 1 is 1.37 bits per heavy atom. The summed E-state index contributed by atoms with van der Waals surface area (Å²) in [7, 11) is 0. The zero-order chi connectivity index (χ0) is 13.7. The molecule has 0 saturated heterocycles. The van der Waals surface area contributed by atoms with E-state index in [4.69, 9.17) is 16.0 Å². The van der Waals surface area contributed by atoms with Crippen molar-refractivity contribution in [3.8, 4) is 0 Å². The number of furan rings is 1. The summed E-state index contributed by atoms with van der Waals surface area (Å²) in [6.45, 7) is 2.97. The average molecular weight is 282 g/mol. The van der Waals surface area contributed by atoms with Crippen LogP contribution in [0.1, 0.15) is 30.7 Å². The smallest absolute Gasteiger partial charge is 0.123 e. The fraction of sp³-hybridized carbons (Fsp3) is 0.333. The minimum absolute atomic E-state index is 0.00856. The van der Waals surface area contributed by atoms with Gasteiger partial charge in [-0.25, -0.2) is 4.39 Å². The Morgan fingerprint density at radius 2 is 2.21 bits per heavy atom. The van der Waals surface area contributed by atoms with Crippen LogP contribution in [-0.4, -0.2) is 6.54 Å². The lowest BCUT2D eigenvalue weighted by atomic mass is 10.0. The molecule has 0 amide bonds. The highest BCUT2D eigenvalue weighted by molar-refractivity contribution is 6.31. The first-order chi connectivity index (χ1) is 9.20. The van der Waals surface area contributed by atoms with Gasteiger partial charge in [0.25, 0.3) is 0 Å². The molecule has 0 radical (unpaired) electrons. The van der Waals surface area contributed by atoms with Gasteiger partial charge in [-0.2, -0.15) is 0 Å². The predicted octanol–water partition coefficient (Wildman–Crippen LogP) is 4.36. The van der Waals surface area contributed by atoms with Crippen LogP contribution in [0.5, 0.6) is 0 Å². The van der Waals surface area contributed by atoms with Gasteiger partial charge in [-0.15, -0.1) is 0 Å². The van der Waals surface area contributed by atoms with Crippen LogP contribution < -0.4 is 5.32 Å². The van der Waals surface area contributed by atoms with E-state index in [1.165, 1.54) is 12.1 Å². The second-order valence-corrected chi connectivity index (χ2v) is 4.87. The standard InChI is InChI=1S/C15H17ClFNO/c1-2-7-18-14(15-4-3-8-19-15)10-11-9-12(17)5-6-13(11)16/h3-6,8-9,14,18H,2,7,10H2,1H3. The third kappa shape index (κ3) is 3.82. The number of nitrogens with one attached hydrogen (secondary N) is 1. The third-order valence-electron chi connectivity index (χ3n) is 2.96. The Balaban J connectivity index is 2.17. The molecule has 0 aliphatic heterocycles. The molecule has 102 valence electrons. The van der Waals surface area contributed by atoms with E-state index in [1.54, 1.807) is 12.3 Å². The fourth-order valence-corrected chi connectivity index (χ4v) is 2.20. The Bertz CT molecular complexity index is 513. The molecule has 2 nitrogen and oxygen atoms in total. The highest BCUT2D eigenvalue weighted by Crippen LogP contribution is 2.24. The monoisotopic (exact) mass is 281 g/mol. The average Bonchev–Trinajstić information content (AvgIpc) is 2.92. The molecule has 1 unspecified atom stereocenters. The van der Waals surface area contributed by atoms with Crippen LogP contribution in [0.15, 0.2) is 41.0 Å². The van der Waals surface area contributed by atoms with Crippen molar-refractivity contribution in [3.05, 3.63) is 58.8 Å². The molecule has 2 aromatic rings. The van der Waals surface area contributed by atoms with Gasteiger partial charge in [0.15, 0.2) is 0 Å². The largest absolute Gasteiger partial charge is 0.468 e. The van der Waals surface area contributed by atoms with Crippen LogP contribution in [0.2, 0.25) is 5.02 Å². The molecule has 1 aromatic heterocycles. The third-order valence-corrected chi connectivity index (χ3v) is 3.33. The molecule has 0 fully saturated rings. The first-order valence-corrected chi connectivity index (χ1v) is 6.79. The summed E-state index contributed by atoms with van der Waals surface area (Å²) in [6.07, 6.45) is 3.27. The highest BCUT2D eigenvalue weighted by Gasteiger charge is 2.16. The van der Waals surface area contributed by atoms with E-state index in [0.29, 0.717) is 11.4 Å².